The monoisotopic (exact) mass is 384 g/mol. The van der Waals surface area contributed by atoms with Crippen molar-refractivity contribution >= 4 is 22.8 Å². The van der Waals surface area contributed by atoms with Gasteiger partial charge in [0.1, 0.15) is 5.39 Å². The molecule has 0 amide bonds. The number of anilines is 2. The van der Waals surface area contributed by atoms with E-state index < -0.39 is 0 Å². The third-order valence-electron chi connectivity index (χ3n) is 4.77. The molecule has 3 aromatic heterocycles. The van der Waals surface area contributed by atoms with E-state index in [1.54, 1.807) is 30.4 Å². The Hall–Kier alpha value is -3.17. The number of H-pyrrole nitrogens is 1. The van der Waals surface area contributed by atoms with Crippen LogP contribution in [0.5, 0.6) is 5.88 Å². The molecule has 3 aromatic rings. The van der Waals surface area contributed by atoms with Gasteiger partial charge in [0.15, 0.2) is 11.5 Å². The molecule has 0 aromatic carbocycles. The molecule has 148 valence electrons. The van der Waals surface area contributed by atoms with Crippen LogP contribution in [0.15, 0.2) is 23.4 Å². The summed E-state index contributed by atoms with van der Waals surface area (Å²) in [4.78, 5) is 33.0. The van der Waals surface area contributed by atoms with Crippen LogP contribution in [-0.4, -0.2) is 63.0 Å². The second-order valence-corrected chi connectivity index (χ2v) is 7.75. The van der Waals surface area contributed by atoms with Gasteiger partial charge in [0, 0.05) is 26.2 Å². The van der Waals surface area contributed by atoms with Gasteiger partial charge in [0.25, 0.3) is 5.56 Å². The Morgan fingerprint density at radius 1 is 1.04 bits per heavy atom. The van der Waals surface area contributed by atoms with E-state index >= 15 is 0 Å². The van der Waals surface area contributed by atoms with Crippen LogP contribution in [0, 0.1) is 0 Å². The Morgan fingerprint density at radius 2 is 1.75 bits per heavy atom. The van der Waals surface area contributed by atoms with Gasteiger partial charge in [0.05, 0.1) is 31.2 Å². The minimum absolute atomic E-state index is 0.170. The Balaban J connectivity index is 1.57. The first-order valence-corrected chi connectivity index (χ1v) is 9.21. The van der Waals surface area contributed by atoms with E-state index in [-0.39, 0.29) is 11.1 Å². The molecule has 1 fully saturated rings. The van der Waals surface area contributed by atoms with Crippen LogP contribution in [0.4, 0.5) is 11.8 Å². The fourth-order valence-corrected chi connectivity index (χ4v) is 3.28. The Kier molecular flexibility index (Phi) is 4.40. The molecule has 0 spiro atoms. The van der Waals surface area contributed by atoms with E-state index in [1.807, 2.05) is 20.8 Å². The molecule has 1 N–H and O–H groups in total. The van der Waals surface area contributed by atoms with Crippen LogP contribution < -0.4 is 20.1 Å². The van der Waals surface area contributed by atoms with Crippen molar-refractivity contribution in [3.8, 4) is 5.88 Å². The van der Waals surface area contributed by atoms with Crippen molar-refractivity contribution in [1.82, 2.24) is 29.7 Å². The zero-order chi connectivity index (χ0) is 19.9. The summed E-state index contributed by atoms with van der Waals surface area (Å²) in [5, 5.41) is 4.87. The van der Waals surface area contributed by atoms with E-state index in [4.69, 9.17) is 9.72 Å². The first-order valence-electron chi connectivity index (χ1n) is 9.21. The van der Waals surface area contributed by atoms with Gasteiger partial charge in [-0.05, 0) is 20.8 Å². The summed E-state index contributed by atoms with van der Waals surface area (Å²) in [6, 6.07) is 0. The highest BCUT2D eigenvalue weighted by atomic mass is 16.5. The number of fused-ring (bicyclic) bond motifs is 1. The predicted octanol–water partition coefficient (Wildman–Crippen LogP) is 1.000. The van der Waals surface area contributed by atoms with Gasteiger partial charge >= 0.3 is 0 Å². The lowest BCUT2D eigenvalue weighted by Gasteiger charge is -2.35. The number of nitrogens with one attached hydrogen (secondary N) is 1. The fraction of sp³-hybridized carbons (Fsp3) is 0.500. The van der Waals surface area contributed by atoms with Crippen LogP contribution in [0.1, 0.15) is 20.8 Å². The fourth-order valence-electron chi connectivity index (χ4n) is 3.28. The van der Waals surface area contributed by atoms with Crippen molar-refractivity contribution in [3.05, 3.63) is 28.9 Å². The molecule has 0 radical (unpaired) electrons. The summed E-state index contributed by atoms with van der Waals surface area (Å²) in [5.41, 5.74) is 0.174. The SMILES string of the molecule is COc1cncc(N2CCN(c3nc4c(cnn4C(C)(C)C)c(=O)[nH]3)CC2)n1. The lowest BCUT2D eigenvalue weighted by Crippen LogP contribution is -2.47. The van der Waals surface area contributed by atoms with Crippen molar-refractivity contribution in [3.63, 3.8) is 0 Å². The smallest absolute Gasteiger partial charge is 0.263 e. The maximum absolute atomic E-state index is 12.5. The van der Waals surface area contributed by atoms with Crippen molar-refractivity contribution in [2.45, 2.75) is 26.3 Å². The number of hydrogen-bond donors (Lipinski definition) is 1. The van der Waals surface area contributed by atoms with E-state index in [0.29, 0.717) is 36.0 Å². The summed E-state index contributed by atoms with van der Waals surface area (Å²) < 4.78 is 6.95. The quantitative estimate of drug-likeness (QED) is 0.713. The van der Waals surface area contributed by atoms with Gasteiger partial charge < -0.3 is 14.5 Å². The molecule has 0 atom stereocenters. The van der Waals surface area contributed by atoms with Crippen LogP contribution in [-0.2, 0) is 5.54 Å². The molecule has 0 aliphatic carbocycles. The third kappa shape index (κ3) is 3.25. The van der Waals surface area contributed by atoms with E-state index in [9.17, 15) is 4.79 Å². The number of rotatable bonds is 3. The van der Waals surface area contributed by atoms with Crippen LogP contribution in [0.3, 0.4) is 0 Å². The molecule has 4 rings (SSSR count). The molecule has 1 saturated heterocycles. The van der Waals surface area contributed by atoms with Crippen molar-refractivity contribution in [2.24, 2.45) is 0 Å². The molecule has 10 heteroatoms. The summed E-state index contributed by atoms with van der Waals surface area (Å²) in [7, 11) is 1.58. The lowest BCUT2D eigenvalue weighted by molar-refractivity contribution is 0.366. The number of aromatic amines is 1. The number of nitrogens with zero attached hydrogens (tertiary/aromatic N) is 7. The van der Waals surface area contributed by atoms with Crippen molar-refractivity contribution in [1.29, 1.82) is 0 Å². The molecular weight excluding hydrogens is 360 g/mol. The van der Waals surface area contributed by atoms with Crippen molar-refractivity contribution in [2.75, 3.05) is 43.1 Å². The molecule has 1 aliphatic heterocycles. The Bertz CT molecular complexity index is 1040. The number of aromatic nitrogens is 6. The Morgan fingerprint density at radius 3 is 2.43 bits per heavy atom. The summed E-state index contributed by atoms with van der Waals surface area (Å²) in [6.45, 7) is 9.00. The molecule has 28 heavy (non-hydrogen) atoms. The minimum Gasteiger partial charge on any atom is -0.480 e. The molecule has 0 bridgehead atoms. The molecule has 4 heterocycles. The first-order chi connectivity index (χ1) is 13.4. The van der Waals surface area contributed by atoms with E-state index in [2.05, 4.69) is 29.9 Å². The number of methoxy groups -OCH3 is 1. The number of piperazine rings is 1. The number of ether oxygens (including phenoxy) is 1. The van der Waals surface area contributed by atoms with Crippen LogP contribution >= 0.6 is 0 Å². The molecule has 0 saturated carbocycles. The van der Waals surface area contributed by atoms with Gasteiger partial charge in [-0.2, -0.15) is 15.1 Å². The molecule has 10 nitrogen and oxygen atoms in total. The number of hydrogen-bond acceptors (Lipinski definition) is 8. The van der Waals surface area contributed by atoms with Gasteiger partial charge in [-0.25, -0.2) is 4.68 Å². The average molecular weight is 384 g/mol. The predicted molar refractivity (Wildman–Crippen MR) is 106 cm³/mol. The Labute approximate surface area is 162 Å². The lowest BCUT2D eigenvalue weighted by atomic mass is 10.1. The highest BCUT2D eigenvalue weighted by molar-refractivity contribution is 5.74. The highest BCUT2D eigenvalue weighted by Gasteiger charge is 2.24. The summed E-state index contributed by atoms with van der Waals surface area (Å²) >= 11 is 0. The standard InChI is InChI=1S/C18H24N8O2/c1-18(2,3)26-15-12(9-20-26)16(27)23-17(22-15)25-7-5-24(6-8-25)13-10-19-11-14(21-13)28-4/h9-11H,5-8H2,1-4H3,(H,22,23,27). The second-order valence-electron chi connectivity index (χ2n) is 7.75. The third-order valence-corrected chi connectivity index (χ3v) is 4.77. The average Bonchev–Trinajstić information content (AvgIpc) is 3.13. The van der Waals surface area contributed by atoms with Crippen LogP contribution in [0.25, 0.3) is 11.0 Å². The second kappa shape index (κ2) is 6.77. The zero-order valence-corrected chi connectivity index (χ0v) is 16.5. The van der Waals surface area contributed by atoms with Crippen LogP contribution in [0.2, 0.25) is 0 Å². The highest BCUT2D eigenvalue weighted by Crippen LogP contribution is 2.21. The summed E-state index contributed by atoms with van der Waals surface area (Å²) in [5.74, 6) is 1.84. The van der Waals surface area contributed by atoms with Gasteiger partial charge in [0.2, 0.25) is 11.8 Å². The molecule has 0 unspecified atom stereocenters. The van der Waals surface area contributed by atoms with Gasteiger partial charge in [-0.1, -0.05) is 0 Å². The largest absolute Gasteiger partial charge is 0.480 e. The zero-order valence-electron chi connectivity index (χ0n) is 16.5. The van der Waals surface area contributed by atoms with Gasteiger partial charge in [-0.15, -0.1) is 0 Å². The topological polar surface area (TPSA) is 105 Å². The normalized spacial score (nSPS) is 15.3. The summed E-state index contributed by atoms with van der Waals surface area (Å²) in [6.07, 6.45) is 4.89. The van der Waals surface area contributed by atoms with E-state index in [1.165, 1.54) is 0 Å². The van der Waals surface area contributed by atoms with E-state index in [0.717, 1.165) is 18.9 Å². The minimum atomic E-state index is -0.260. The van der Waals surface area contributed by atoms with Crippen molar-refractivity contribution < 1.29 is 4.74 Å². The maximum atomic E-state index is 12.5. The van der Waals surface area contributed by atoms with Gasteiger partial charge in [-0.3, -0.25) is 14.8 Å². The first kappa shape index (κ1) is 18.2. The molecule has 1 aliphatic rings. The maximum Gasteiger partial charge on any atom is 0.263 e. The molecular formula is C18H24N8O2.